The summed E-state index contributed by atoms with van der Waals surface area (Å²) >= 11 is 0. The number of halogens is 1. The first-order chi connectivity index (χ1) is 10.6. The maximum absolute atomic E-state index is 13.1. The molecule has 1 aromatic heterocycles. The van der Waals surface area contributed by atoms with Crippen LogP contribution in [0, 0.1) is 19.7 Å². The monoisotopic (exact) mass is 300 g/mol. The molecule has 1 N–H and O–H groups in total. The van der Waals surface area contributed by atoms with E-state index in [-0.39, 0.29) is 5.82 Å². The van der Waals surface area contributed by atoms with E-state index in [2.05, 4.69) is 22.1 Å². The van der Waals surface area contributed by atoms with Gasteiger partial charge in [0, 0.05) is 36.5 Å². The van der Waals surface area contributed by atoms with Crippen molar-refractivity contribution in [2.75, 3.05) is 31.1 Å². The van der Waals surface area contributed by atoms with Gasteiger partial charge in [0.2, 0.25) is 0 Å². The second kappa shape index (κ2) is 6.40. The van der Waals surface area contributed by atoms with Crippen LogP contribution in [0.15, 0.2) is 24.3 Å². The fraction of sp³-hybridized carbons (Fsp3) is 0.412. The summed E-state index contributed by atoms with van der Waals surface area (Å²) in [6.07, 6.45) is 1.11. The zero-order valence-electron chi connectivity index (χ0n) is 13.1. The topological polar surface area (TPSA) is 41.1 Å². The Kier molecular flexibility index (Phi) is 4.34. The van der Waals surface area contributed by atoms with Gasteiger partial charge in [-0.25, -0.2) is 14.4 Å². The van der Waals surface area contributed by atoms with Gasteiger partial charge < -0.3 is 10.2 Å². The fourth-order valence-electron chi connectivity index (χ4n) is 2.71. The minimum atomic E-state index is -0.244. The number of aryl methyl sites for hydroxylation is 1. The SMILES string of the molecule is Cc1nc(-c2ccc(F)cc2)nc(N2CCCNCC2)c1C. The third-order valence-corrected chi connectivity index (χ3v) is 4.11. The Morgan fingerprint density at radius 1 is 1.05 bits per heavy atom. The quantitative estimate of drug-likeness (QED) is 0.926. The number of anilines is 1. The average molecular weight is 300 g/mol. The van der Waals surface area contributed by atoms with Gasteiger partial charge in [-0.3, -0.25) is 0 Å². The lowest BCUT2D eigenvalue weighted by atomic mass is 10.1. The highest BCUT2D eigenvalue weighted by Crippen LogP contribution is 2.25. The minimum Gasteiger partial charge on any atom is -0.355 e. The minimum absolute atomic E-state index is 0.244. The molecule has 1 fully saturated rings. The highest BCUT2D eigenvalue weighted by molar-refractivity contribution is 5.60. The maximum Gasteiger partial charge on any atom is 0.161 e. The molecule has 0 bridgehead atoms. The molecule has 1 aliphatic heterocycles. The first kappa shape index (κ1) is 14.9. The molecule has 0 unspecified atom stereocenters. The van der Waals surface area contributed by atoms with Crippen LogP contribution in [0.1, 0.15) is 17.7 Å². The molecule has 2 aromatic rings. The molecule has 22 heavy (non-hydrogen) atoms. The molecule has 0 spiro atoms. The van der Waals surface area contributed by atoms with Gasteiger partial charge in [-0.15, -0.1) is 0 Å². The summed E-state index contributed by atoms with van der Waals surface area (Å²) in [6, 6.07) is 6.35. The standard InChI is InChI=1S/C17H21FN4/c1-12-13(2)20-16(14-4-6-15(18)7-5-14)21-17(12)22-10-3-8-19-9-11-22/h4-7,19H,3,8-11H2,1-2H3. The number of aromatic nitrogens is 2. The summed E-state index contributed by atoms with van der Waals surface area (Å²) in [5.74, 6) is 1.41. The number of hydrogen-bond donors (Lipinski definition) is 1. The molecular formula is C17H21FN4. The Morgan fingerprint density at radius 2 is 1.82 bits per heavy atom. The summed E-state index contributed by atoms with van der Waals surface area (Å²) in [7, 11) is 0. The van der Waals surface area contributed by atoms with Crippen molar-refractivity contribution in [3.63, 3.8) is 0 Å². The Hall–Kier alpha value is -2.01. The van der Waals surface area contributed by atoms with Gasteiger partial charge in [0.15, 0.2) is 5.82 Å². The molecule has 5 heteroatoms. The van der Waals surface area contributed by atoms with Crippen LogP contribution < -0.4 is 10.2 Å². The molecule has 0 aliphatic carbocycles. The van der Waals surface area contributed by atoms with Crippen molar-refractivity contribution >= 4 is 5.82 Å². The molecule has 1 aromatic carbocycles. The number of benzene rings is 1. The highest BCUT2D eigenvalue weighted by Gasteiger charge is 2.17. The summed E-state index contributed by atoms with van der Waals surface area (Å²) in [6.45, 7) is 8.02. The second-order valence-corrected chi connectivity index (χ2v) is 5.68. The van der Waals surface area contributed by atoms with Gasteiger partial charge >= 0.3 is 0 Å². The van der Waals surface area contributed by atoms with Crippen molar-refractivity contribution in [2.45, 2.75) is 20.3 Å². The Balaban J connectivity index is 2.00. The molecule has 1 aliphatic rings. The Labute approximate surface area is 130 Å². The first-order valence-electron chi connectivity index (χ1n) is 7.72. The van der Waals surface area contributed by atoms with Crippen LogP contribution in [-0.2, 0) is 0 Å². The highest BCUT2D eigenvalue weighted by atomic mass is 19.1. The summed E-state index contributed by atoms with van der Waals surface area (Å²) < 4.78 is 13.1. The number of rotatable bonds is 2. The van der Waals surface area contributed by atoms with Gasteiger partial charge in [0.1, 0.15) is 11.6 Å². The average Bonchev–Trinajstić information content (AvgIpc) is 2.80. The van der Waals surface area contributed by atoms with Gasteiger partial charge in [0.05, 0.1) is 0 Å². The number of nitrogens with one attached hydrogen (secondary N) is 1. The zero-order chi connectivity index (χ0) is 15.5. The van der Waals surface area contributed by atoms with E-state index in [9.17, 15) is 4.39 Å². The van der Waals surface area contributed by atoms with Crippen molar-refractivity contribution in [3.05, 3.63) is 41.3 Å². The van der Waals surface area contributed by atoms with E-state index in [0.29, 0.717) is 5.82 Å². The van der Waals surface area contributed by atoms with Crippen LogP contribution in [0.4, 0.5) is 10.2 Å². The molecule has 0 saturated carbocycles. The van der Waals surface area contributed by atoms with Crippen LogP contribution in [0.5, 0.6) is 0 Å². The predicted octanol–water partition coefficient (Wildman–Crippen LogP) is 2.70. The smallest absolute Gasteiger partial charge is 0.161 e. The van der Waals surface area contributed by atoms with Gasteiger partial charge in [-0.2, -0.15) is 0 Å². The molecule has 0 radical (unpaired) electrons. The molecular weight excluding hydrogens is 279 g/mol. The fourth-order valence-corrected chi connectivity index (χ4v) is 2.71. The summed E-state index contributed by atoms with van der Waals surface area (Å²) in [5, 5.41) is 3.41. The molecule has 4 nitrogen and oxygen atoms in total. The van der Waals surface area contributed by atoms with Crippen molar-refractivity contribution in [2.24, 2.45) is 0 Å². The third kappa shape index (κ3) is 3.09. The molecule has 0 amide bonds. The molecule has 1 saturated heterocycles. The number of hydrogen-bond acceptors (Lipinski definition) is 4. The third-order valence-electron chi connectivity index (χ3n) is 4.11. The van der Waals surface area contributed by atoms with Crippen molar-refractivity contribution in [3.8, 4) is 11.4 Å². The zero-order valence-corrected chi connectivity index (χ0v) is 13.1. The molecule has 116 valence electrons. The lowest BCUT2D eigenvalue weighted by molar-refractivity contribution is 0.628. The normalized spacial score (nSPS) is 15.7. The van der Waals surface area contributed by atoms with Crippen LogP contribution in [0.25, 0.3) is 11.4 Å². The summed E-state index contributed by atoms with van der Waals surface area (Å²) in [5.41, 5.74) is 2.94. The van der Waals surface area contributed by atoms with Gasteiger partial charge in [-0.05, 0) is 51.1 Å². The van der Waals surface area contributed by atoms with Gasteiger partial charge in [-0.1, -0.05) is 0 Å². The van der Waals surface area contributed by atoms with Crippen molar-refractivity contribution in [1.82, 2.24) is 15.3 Å². The van der Waals surface area contributed by atoms with Crippen molar-refractivity contribution in [1.29, 1.82) is 0 Å². The van der Waals surface area contributed by atoms with E-state index in [4.69, 9.17) is 4.98 Å². The van der Waals surface area contributed by atoms with Crippen LogP contribution in [-0.4, -0.2) is 36.1 Å². The molecule has 0 atom stereocenters. The largest absolute Gasteiger partial charge is 0.355 e. The van der Waals surface area contributed by atoms with E-state index < -0.39 is 0 Å². The second-order valence-electron chi connectivity index (χ2n) is 5.68. The summed E-state index contributed by atoms with van der Waals surface area (Å²) in [4.78, 5) is 11.7. The lowest BCUT2D eigenvalue weighted by Gasteiger charge is -2.24. The number of nitrogens with zero attached hydrogens (tertiary/aromatic N) is 3. The lowest BCUT2D eigenvalue weighted by Crippen LogP contribution is -2.29. The van der Waals surface area contributed by atoms with Gasteiger partial charge in [0.25, 0.3) is 0 Å². The van der Waals surface area contributed by atoms with E-state index in [1.165, 1.54) is 12.1 Å². The Bertz CT molecular complexity index is 646. The van der Waals surface area contributed by atoms with Crippen LogP contribution in [0.2, 0.25) is 0 Å². The first-order valence-corrected chi connectivity index (χ1v) is 7.72. The van der Waals surface area contributed by atoms with E-state index in [1.54, 1.807) is 12.1 Å². The maximum atomic E-state index is 13.1. The van der Waals surface area contributed by atoms with Crippen LogP contribution in [0.3, 0.4) is 0 Å². The van der Waals surface area contributed by atoms with Crippen molar-refractivity contribution < 1.29 is 4.39 Å². The Morgan fingerprint density at radius 3 is 2.59 bits per heavy atom. The van der Waals surface area contributed by atoms with E-state index in [1.807, 2.05) is 6.92 Å². The molecule has 3 rings (SSSR count). The van der Waals surface area contributed by atoms with Crippen LogP contribution >= 0.6 is 0 Å². The van der Waals surface area contributed by atoms with E-state index >= 15 is 0 Å². The molecule has 2 heterocycles. The van der Waals surface area contributed by atoms with E-state index in [0.717, 1.165) is 55.2 Å². The predicted molar refractivity (Wildman–Crippen MR) is 86.6 cm³/mol.